The van der Waals surface area contributed by atoms with Gasteiger partial charge >= 0.3 is 5.69 Å². The van der Waals surface area contributed by atoms with Crippen LogP contribution < -0.4 is 5.69 Å². The van der Waals surface area contributed by atoms with E-state index in [0.29, 0.717) is 5.92 Å². The largest absolute Gasteiger partial charge is 0.345 e. The van der Waals surface area contributed by atoms with E-state index in [2.05, 4.69) is 73.7 Å². The monoisotopic (exact) mass is 330 g/mol. The number of hydrogen-bond donors (Lipinski definition) is 1. The fraction of sp³-hybridized carbons (Fsp3) is 0.182. The van der Waals surface area contributed by atoms with Crippen LogP contribution in [-0.2, 0) is 0 Å². The normalized spacial score (nSPS) is 17.2. The number of nitrogens with one attached hydrogen (secondary N) is 1. The van der Waals surface area contributed by atoms with E-state index in [1.165, 1.54) is 11.1 Å². The predicted molar refractivity (Wildman–Crippen MR) is 105 cm³/mol. The van der Waals surface area contributed by atoms with Gasteiger partial charge in [0.2, 0.25) is 0 Å². The van der Waals surface area contributed by atoms with Crippen LogP contribution in [0.3, 0.4) is 0 Å². The third-order valence-electron chi connectivity index (χ3n) is 4.75. The Bertz CT molecular complexity index is 974. The SMILES string of the molecule is C=Cc1ccc(C2=C(C)C(C)C=CC=C2c2ccnc(=O)[nH]2)cc1C. The van der Waals surface area contributed by atoms with Gasteiger partial charge in [-0.05, 0) is 48.1 Å². The predicted octanol–water partition coefficient (Wildman–Crippen LogP) is 4.78. The van der Waals surface area contributed by atoms with Gasteiger partial charge in [0.15, 0.2) is 0 Å². The summed E-state index contributed by atoms with van der Waals surface area (Å²) in [5, 5.41) is 0. The molecule has 3 rings (SSSR count). The van der Waals surface area contributed by atoms with Gasteiger partial charge in [0.05, 0.1) is 5.69 Å². The summed E-state index contributed by atoms with van der Waals surface area (Å²) in [4.78, 5) is 18.3. The van der Waals surface area contributed by atoms with E-state index in [9.17, 15) is 4.79 Å². The first kappa shape index (κ1) is 16.9. The van der Waals surface area contributed by atoms with Gasteiger partial charge in [0.25, 0.3) is 0 Å². The summed E-state index contributed by atoms with van der Waals surface area (Å²) in [6, 6.07) is 8.23. The Kier molecular flexibility index (Phi) is 4.66. The molecular weight excluding hydrogens is 308 g/mol. The van der Waals surface area contributed by atoms with Crippen molar-refractivity contribution in [3.05, 3.63) is 93.7 Å². The van der Waals surface area contributed by atoms with Crippen molar-refractivity contribution in [2.75, 3.05) is 0 Å². The Balaban J connectivity index is 2.24. The Labute approximate surface area is 148 Å². The molecule has 0 fully saturated rings. The summed E-state index contributed by atoms with van der Waals surface area (Å²) in [5.74, 6) is 0.316. The Morgan fingerprint density at radius 3 is 2.72 bits per heavy atom. The Morgan fingerprint density at radius 1 is 1.24 bits per heavy atom. The molecule has 1 atom stereocenters. The maximum absolute atomic E-state index is 11.7. The van der Waals surface area contributed by atoms with E-state index in [0.717, 1.165) is 28.0 Å². The minimum atomic E-state index is -0.338. The fourth-order valence-electron chi connectivity index (χ4n) is 3.18. The molecule has 3 heteroatoms. The molecule has 126 valence electrons. The molecule has 2 aromatic rings. The van der Waals surface area contributed by atoms with Crippen LogP contribution in [0.1, 0.15) is 36.2 Å². The molecule has 0 aliphatic heterocycles. The van der Waals surface area contributed by atoms with Crippen molar-refractivity contribution in [1.82, 2.24) is 9.97 Å². The number of nitrogens with zero attached hydrogens (tertiary/aromatic N) is 1. The molecule has 0 amide bonds. The molecule has 3 nitrogen and oxygen atoms in total. The highest BCUT2D eigenvalue weighted by Gasteiger charge is 2.19. The molecule has 25 heavy (non-hydrogen) atoms. The van der Waals surface area contributed by atoms with Gasteiger partial charge in [0, 0.05) is 11.8 Å². The lowest BCUT2D eigenvalue weighted by Gasteiger charge is -2.18. The second kappa shape index (κ2) is 6.89. The number of hydrogen-bond acceptors (Lipinski definition) is 2. The van der Waals surface area contributed by atoms with E-state index in [1.807, 2.05) is 12.1 Å². The number of aryl methyl sites for hydroxylation is 1. The number of benzene rings is 1. The molecule has 0 saturated carbocycles. The van der Waals surface area contributed by atoms with E-state index in [4.69, 9.17) is 0 Å². The van der Waals surface area contributed by atoms with Gasteiger partial charge in [-0.25, -0.2) is 9.78 Å². The first-order chi connectivity index (χ1) is 12.0. The second-order valence-electron chi connectivity index (χ2n) is 6.38. The Morgan fingerprint density at radius 2 is 2.04 bits per heavy atom. The average Bonchev–Trinajstić information content (AvgIpc) is 2.74. The van der Waals surface area contributed by atoms with Gasteiger partial charge in [-0.1, -0.05) is 61.6 Å². The summed E-state index contributed by atoms with van der Waals surface area (Å²) in [6.07, 6.45) is 9.71. The first-order valence-corrected chi connectivity index (χ1v) is 8.40. The standard InChI is InChI=1S/C22H22N2O/c1-5-17-9-10-18(13-15(17)3)21-16(4)14(2)7-6-8-19(21)20-11-12-23-22(25)24-20/h5-14H,1H2,2-4H3,(H,23,24,25). The Hall–Kier alpha value is -2.94. The zero-order chi connectivity index (χ0) is 18.0. The summed E-state index contributed by atoms with van der Waals surface area (Å²) in [6.45, 7) is 10.3. The highest BCUT2D eigenvalue weighted by molar-refractivity contribution is 6.06. The molecule has 0 saturated heterocycles. The molecule has 1 aromatic carbocycles. The molecule has 0 spiro atoms. The molecular formula is C22H22N2O. The molecule has 1 heterocycles. The van der Waals surface area contributed by atoms with E-state index in [-0.39, 0.29) is 5.69 Å². The highest BCUT2D eigenvalue weighted by Crippen LogP contribution is 2.38. The maximum atomic E-state index is 11.7. The zero-order valence-corrected chi connectivity index (χ0v) is 14.8. The molecule has 1 aliphatic carbocycles. The highest BCUT2D eigenvalue weighted by atomic mass is 16.1. The van der Waals surface area contributed by atoms with Crippen molar-refractivity contribution in [1.29, 1.82) is 0 Å². The molecule has 0 radical (unpaired) electrons. The van der Waals surface area contributed by atoms with Crippen LogP contribution in [0, 0.1) is 12.8 Å². The minimum absolute atomic E-state index is 0.316. The third kappa shape index (κ3) is 3.31. The average molecular weight is 330 g/mol. The number of allylic oxidation sites excluding steroid dienone is 6. The smallest absolute Gasteiger partial charge is 0.305 e. The van der Waals surface area contributed by atoms with Crippen LogP contribution in [0.5, 0.6) is 0 Å². The quantitative estimate of drug-likeness (QED) is 0.880. The van der Waals surface area contributed by atoms with E-state index in [1.54, 1.807) is 6.20 Å². The first-order valence-electron chi connectivity index (χ1n) is 8.40. The number of aromatic amines is 1. The maximum Gasteiger partial charge on any atom is 0.345 e. The lowest BCUT2D eigenvalue weighted by Crippen LogP contribution is -2.11. The van der Waals surface area contributed by atoms with Gasteiger partial charge in [-0.2, -0.15) is 0 Å². The summed E-state index contributed by atoms with van der Waals surface area (Å²) in [7, 11) is 0. The van der Waals surface area contributed by atoms with E-state index < -0.39 is 0 Å². The van der Waals surface area contributed by atoms with Crippen LogP contribution in [-0.4, -0.2) is 9.97 Å². The number of aromatic nitrogens is 2. The van der Waals surface area contributed by atoms with Crippen molar-refractivity contribution in [3.8, 4) is 0 Å². The van der Waals surface area contributed by atoms with Crippen molar-refractivity contribution in [3.63, 3.8) is 0 Å². The summed E-state index contributed by atoms with van der Waals surface area (Å²) in [5.41, 5.74) is 7.31. The van der Waals surface area contributed by atoms with Gasteiger partial charge in [-0.15, -0.1) is 0 Å². The summed E-state index contributed by atoms with van der Waals surface area (Å²) < 4.78 is 0. The summed E-state index contributed by atoms with van der Waals surface area (Å²) >= 11 is 0. The molecule has 1 N–H and O–H groups in total. The topological polar surface area (TPSA) is 45.8 Å². The van der Waals surface area contributed by atoms with Gasteiger partial charge in [-0.3, -0.25) is 0 Å². The zero-order valence-electron chi connectivity index (χ0n) is 14.8. The van der Waals surface area contributed by atoms with Crippen molar-refractivity contribution in [2.45, 2.75) is 20.8 Å². The second-order valence-corrected chi connectivity index (χ2v) is 6.38. The van der Waals surface area contributed by atoms with Crippen molar-refractivity contribution in [2.24, 2.45) is 5.92 Å². The van der Waals surface area contributed by atoms with Crippen molar-refractivity contribution < 1.29 is 0 Å². The van der Waals surface area contributed by atoms with E-state index >= 15 is 0 Å². The van der Waals surface area contributed by atoms with Crippen LogP contribution in [0.4, 0.5) is 0 Å². The van der Waals surface area contributed by atoms with Gasteiger partial charge in [0.1, 0.15) is 0 Å². The molecule has 0 bridgehead atoms. The van der Waals surface area contributed by atoms with Crippen LogP contribution in [0.15, 0.2) is 65.6 Å². The van der Waals surface area contributed by atoms with Crippen LogP contribution >= 0.6 is 0 Å². The lowest BCUT2D eigenvalue weighted by molar-refractivity contribution is 0.869. The van der Waals surface area contributed by atoms with Crippen LogP contribution in [0.2, 0.25) is 0 Å². The third-order valence-corrected chi connectivity index (χ3v) is 4.75. The lowest BCUT2D eigenvalue weighted by atomic mass is 9.87. The molecule has 1 aromatic heterocycles. The fourth-order valence-corrected chi connectivity index (χ4v) is 3.18. The molecule has 1 unspecified atom stereocenters. The molecule has 1 aliphatic rings. The van der Waals surface area contributed by atoms with Crippen molar-refractivity contribution >= 4 is 17.2 Å². The number of H-pyrrole nitrogens is 1. The number of rotatable bonds is 3. The van der Waals surface area contributed by atoms with Gasteiger partial charge < -0.3 is 4.98 Å². The minimum Gasteiger partial charge on any atom is -0.305 e. The van der Waals surface area contributed by atoms with Crippen LogP contribution in [0.25, 0.3) is 17.2 Å².